The van der Waals surface area contributed by atoms with Gasteiger partial charge in [0.25, 0.3) is 0 Å². The molecule has 1 aliphatic rings. The summed E-state index contributed by atoms with van der Waals surface area (Å²) in [6.07, 6.45) is 1.53. The van der Waals surface area contributed by atoms with Crippen LogP contribution in [-0.4, -0.2) is 34.2 Å². The molecule has 0 bridgehead atoms. The van der Waals surface area contributed by atoms with Gasteiger partial charge in [0, 0.05) is 31.5 Å². The molecule has 0 unspecified atom stereocenters. The molecule has 0 radical (unpaired) electrons. The molecule has 0 saturated carbocycles. The lowest BCUT2D eigenvalue weighted by molar-refractivity contribution is -0.137. The van der Waals surface area contributed by atoms with Crippen LogP contribution in [0.5, 0.6) is 0 Å². The lowest BCUT2D eigenvalue weighted by atomic mass is 10.1. The van der Waals surface area contributed by atoms with E-state index in [1.54, 1.807) is 12.4 Å². The Morgan fingerprint density at radius 2 is 1.92 bits per heavy atom. The number of alkyl halides is 3. The summed E-state index contributed by atoms with van der Waals surface area (Å²) in [7, 11) is 0. The lowest BCUT2D eigenvalue weighted by Gasteiger charge is -2.33. The van der Waals surface area contributed by atoms with Gasteiger partial charge in [0.15, 0.2) is 5.11 Å². The van der Waals surface area contributed by atoms with E-state index >= 15 is 0 Å². The van der Waals surface area contributed by atoms with E-state index in [-0.39, 0.29) is 6.04 Å². The first-order chi connectivity index (χ1) is 12.4. The number of halogens is 3. The van der Waals surface area contributed by atoms with Crippen molar-refractivity contribution in [2.45, 2.75) is 25.1 Å². The van der Waals surface area contributed by atoms with Crippen molar-refractivity contribution in [2.24, 2.45) is 0 Å². The zero-order chi connectivity index (χ0) is 18.6. The normalized spacial score (nSPS) is 15.6. The van der Waals surface area contributed by atoms with Crippen molar-refractivity contribution < 1.29 is 13.2 Å². The molecule has 2 aromatic heterocycles. The third-order valence-corrected chi connectivity index (χ3v) is 4.37. The van der Waals surface area contributed by atoms with Crippen molar-refractivity contribution in [1.82, 2.24) is 15.3 Å². The Hall–Kier alpha value is -2.42. The molecule has 5 nitrogen and oxygen atoms in total. The van der Waals surface area contributed by atoms with E-state index in [1.807, 2.05) is 17.0 Å². The fourth-order valence-corrected chi connectivity index (χ4v) is 3.07. The molecule has 2 aromatic rings. The highest BCUT2D eigenvalue weighted by Gasteiger charge is 2.31. The number of anilines is 2. The summed E-state index contributed by atoms with van der Waals surface area (Å²) in [6.45, 7) is 1.40. The van der Waals surface area contributed by atoms with E-state index in [1.165, 1.54) is 6.07 Å². The lowest BCUT2D eigenvalue weighted by Crippen LogP contribution is -2.46. The first kappa shape index (κ1) is 18.4. The van der Waals surface area contributed by atoms with Crippen molar-refractivity contribution in [2.75, 3.05) is 23.3 Å². The predicted molar refractivity (Wildman–Crippen MR) is 98.1 cm³/mol. The third kappa shape index (κ3) is 4.81. The summed E-state index contributed by atoms with van der Waals surface area (Å²) in [6, 6.07) is 6.39. The summed E-state index contributed by atoms with van der Waals surface area (Å²) >= 11 is 5.31. The number of nitrogens with zero attached hydrogens (tertiary/aromatic N) is 3. The zero-order valence-corrected chi connectivity index (χ0v) is 14.6. The monoisotopic (exact) mass is 381 g/mol. The highest BCUT2D eigenvalue weighted by Crippen LogP contribution is 2.29. The molecule has 3 heterocycles. The predicted octanol–water partition coefficient (Wildman–Crippen LogP) is 3.45. The Morgan fingerprint density at radius 3 is 2.50 bits per heavy atom. The second-order valence-corrected chi connectivity index (χ2v) is 6.41. The summed E-state index contributed by atoms with van der Waals surface area (Å²) < 4.78 is 37.8. The average Bonchev–Trinajstić information content (AvgIpc) is 2.62. The number of hydrogen-bond donors (Lipinski definition) is 2. The number of pyridine rings is 2. The topological polar surface area (TPSA) is 53.1 Å². The Bertz CT molecular complexity index is 728. The Kier molecular flexibility index (Phi) is 5.55. The first-order valence-corrected chi connectivity index (χ1v) is 8.58. The maximum absolute atomic E-state index is 12.6. The number of hydrogen-bond acceptors (Lipinski definition) is 4. The molecule has 0 atom stereocenters. The van der Waals surface area contributed by atoms with Gasteiger partial charge in [0.1, 0.15) is 5.82 Å². The SMILES string of the molecule is FC(F)(F)c1ccc(N2CCC(NC(=S)Nc3cccnc3)CC2)nc1. The van der Waals surface area contributed by atoms with Gasteiger partial charge >= 0.3 is 6.18 Å². The highest BCUT2D eigenvalue weighted by molar-refractivity contribution is 7.80. The van der Waals surface area contributed by atoms with Crippen LogP contribution >= 0.6 is 12.2 Å². The number of aromatic nitrogens is 2. The maximum atomic E-state index is 12.6. The molecular weight excluding hydrogens is 363 g/mol. The van der Waals surface area contributed by atoms with Crippen LogP contribution in [-0.2, 0) is 6.18 Å². The van der Waals surface area contributed by atoms with Crippen LogP contribution in [0.4, 0.5) is 24.7 Å². The fraction of sp³-hybridized carbons (Fsp3) is 0.353. The van der Waals surface area contributed by atoms with Gasteiger partial charge in [-0.3, -0.25) is 4.98 Å². The van der Waals surface area contributed by atoms with Crippen LogP contribution in [0.2, 0.25) is 0 Å². The smallest absolute Gasteiger partial charge is 0.360 e. The number of piperidine rings is 1. The number of nitrogens with one attached hydrogen (secondary N) is 2. The quantitative estimate of drug-likeness (QED) is 0.795. The fourth-order valence-electron chi connectivity index (χ4n) is 2.78. The second kappa shape index (κ2) is 7.86. The molecule has 0 aromatic carbocycles. The van der Waals surface area contributed by atoms with Gasteiger partial charge < -0.3 is 15.5 Å². The van der Waals surface area contributed by atoms with Crippen molar-refractivity contribution in [3.8, 4) is 0 Å². The molecule has 1 saturated heterocycles. The van der Waals surface area contributed by atoms with E-state index in [0.717, 1.165) is 30.8 Å². The number of thiocarbonyl (C=S) groups is 1. The Morgan fingerprint density at radius 1 is 1.15 bits per heavy atom. The van der Waals surface area contributed by atoms with Crippen LogP contribution < -0.4 is 15.5 Å². The van der Waals surface area contributed by atoms with Crippen molar-refractivity contribution in [3.63, 3.8) is 0 Å². The summed E-state index contributed by atoms with van der Waals surface area (Å²) in [4.78, 5) is 9.95. The van der Waals surface area contributed by atoms with Crippen molar-refractivity contribution >= 4 is 28.8 Å². The molecule has 1 fully saturated rings. The van der Waals surface area contributed by atoms with Gasteiger partial charge in [0.05, 0.1) is 17.4 Å². The van der Waals surface area contributed by atoms with Crippen molar-refractivity contribution in [3.05, 3.63) is 48.4 Å². The molecule has 0 amide bonds. The van der Waals surface area contributed by atoms with E-state index in [2.05, 4.69) is 20.6 Å². The molecular formula is C17H18F3N5S. The zero-order valence-electron chi connectivity index (χ0n) is 13.8. The van der Waals surface area contributed by atoms with Gasteiger partial charge in [-0.15, -0.1) is 0 Å². The van der Waals surface area contributed by atoms with E-state index < -0.39 is 11.7 Å². The molecule has 2 N–H and O–H groups in total. The highest BCUT2D eigenvalue weighted by atomic mass is 32.1. The molecule has 26 heavy (non-hydrogen) atoms. The van der Waals surface area contributed by atoms with Gasteiger partial charge in [-0.2, -0.15) is 13.2 Å². The summed E-state index contributed by atoms with van der Waals surface area (Å²) in [5.41, 5.74) is 0.0843. The molecule has 3 rings (SSSR count). The molecule has 0 aliphatic carbocycles. The van der Waals surface area contributed by atoms with E-state index in [9.17, 15) is 13.2 Å². The average molecular weight is 381 g/mol. The standard InChI is InChI=1S/C17H18F3N5S/c18-17(19,20)12-3-4-15(22-10-12)25-8-5-13(6-9-25)23-16(26)24-14-2-1-7-21-11-14/h1-4,7,10-11,13H,5-6,8-9H2,(H2,23,24,26). The minimum atomic E-state index is -4.36. The maximum Gasteiger partial charge on any atom is 0.417 e. The molecule has 9 heteroatoms. The van der Waals surface area contributed by atoms with Crippen molar-refractivity contribution in [1.29, 1.82) is 0 Å². The summed E-state index contributed by atoms with van der Waals surface area (Å²) in [5.74, 6) is 0.563. The van der Waals surface area contributed by atoms with E-state index in [4.69, 9.17) is 12.2 Å². The van der Waals surface area contributed by atoms with Crippen LogP contribution in [0.1, 0.15) is 18.4 Å². The largest absolute Gasteiger partial charge is 0.417 e. The third-order valence-electron chi connectivity index (χ3n) is 4.15. The minimum Gasteiger partial charge on any atom is -0.360 e. The molecule has 138 valence electrons. The van der Waals surface area contributed by atoms with Gasteiger partial charge in [-0.05, 0) is 49.3 Å². The van der Waals surface area contributed by atoms with Crippen LogP contribution in [0.3, 0.4) is 0 Å². The molecule has 0 spiro atoms. The second-order valence-electron chi connectivity index (χ2n) is 6.00. The summed E-state index contributed by atoms with van der Waals surface area (Å²) in [5, 5.41) is 6.87. The van der Waals surface area contributed by atoms with Crippen LogP contribution in [0, 0.1) is 0 Å². The van der Waals surface area contributed by atoms with Crippen LogP contribution in [0.25, 0.3) is 0 Å². The molecule has 1 aliphatic heterocycles. The Labute approximate surface area is 154 Å². The van der Waals surface area contributed by atoms with E-state index in [0.29, 0.717) is 24.0 Å². The Balaban J connectivity index is 1.49. The minimum absolute atomic E-state index is 0.206. The van der Waals surface area contributed by atoms with Gasteiger partial charge in [-0.25, -0.2) is 4.98 Å². The van der Waals surface area contributed by atoms with Gasteiger partial charge in [-0.1, -0.05) is 0 Å². The van der Waals surface area contributed by atoms with Crippen LogP contribution in [0.15, 0.2) is 42.9 Å². The first-order valence-electron chi connectivity index (χ1n) is 8.17. The number of rotatable bonds is 3. The van der Waals surface area contributed by atoms with Gasteiger partial charge in [0.2, 0.25) is 0 Å².